The van der Waals surface area contributed by atoms with E-state index in [4.69, 9.17) is 21.1 Å². The number of hydrogen-bond acceptors (Lipinski definition) is 4. The molecule has 1 aliphatic heterocycles. The Morgan fingerprint density at radius 3 is 2.53 bits per heavy atom. The van der Waals surface area contributed by atoms with Crippen molar-refractivity contribution in [3.8, 4) is 11.5 Å². The van der Waals surface area contributed by atoms with Crippen LogP contribution >= 0.6 is 11.6 Å². The van der Waals surface area contributed by atoms with Crippen LogP contribution in [0.15, 0.2) is 60.4 Å². The lowest BCUT2D eigenvalue weighted by atomic mass is 10.0. The molecule has 7 heteroatoms. The van der Waals surface area contributed by atoms with E-state index in [0.29, 0.717) is 5.56 Å². The van der Waals surface area contributed by atoms with E-state index in [1.165, 1.54) is 54.6 Å². The molecule has 4 rings (SSSR count). The van der Waals surface area contributed by atoms with Crippen LogP contribution in [0, 0.1) is 18.6 Å². The molecule has 3 aromatic rings. The predicted octanol–water partition coefficient (Wildman–Crippen LogP) is 5.76. The number of ketones is 1. The molecule has 0 radical (unpaired) electrons. The van der Waals surface area contributed by atoms with Gasteiger partial charge in [-0.25, -0.2) is 13.6 Å². The van der Waals surface area contributed by atoms with Crippen LogP contribution < -0.4 is 9.47 Å². The van der Waals surface area contributed by atoms with E-state index in [2.05, 4.69) is 0 Å². The molecule has 0 bridgehead atoms. The fraction of sp³-hybridized carbons (Fsp3) is 0.0435. The number of aryl methyl sites for hydroxylation is 1. The van der Waals surface area contributed by atoms with Gasteiger partial charge in [0.25, 0.3) is 0 Å². The smallest absolute Gasteiger partial charge is 0.346 e. The summed E-state index contributed by atoms with van der Waals surface area (Å²) >= 11 is 6.01. The molecule has 0 unspecified atom stereocenters. The first kappa shape index (κ1) is 19.8. The van der Waals surface area contributed by atoms with Gasteiger partial charge in [0, 0.05) is 11.6 Å². The largest absolute Gasteiger partial charge is 0.452 e. The van der Waals surface area contributed by atoms with Crippen molar-refractivity contribution in [2.45, 2.75) is 6.92 Å². The van der Waals surface area contributed by atoms with E-state index in [1.54, 1.807) is 6.92 Å². The Hall–Kier alpha value is -3.51. The highest BCUT2D eigenvalue weighted by molar-refractivity contribution is 6.32. The zero-order chi connectivity index (χ0) is 21.4. The highest BCUT2D eigenvalue weighted by Gasteiger charge is 2.31. The monoisotopic (exact) mass is 426 g/mol. The summed E-state index contributed by atoms with van der Waals surface area (Å²) in [6.07, 6.45) is 1.23. The number of benzene rings is 3. The zero-order valence-corrected chi connectivity index (χ0v) is 16.3. The molecule has 3 aromatic carbocycles. The van der Waals surface area contributed by atoms with Gasteiger partial charge in [-0.2, -0.15) is 0 Å². The summed E-state index contributed by atoms with van der Waals surface area (Å²) in [5.74, 6) is -2.53. The second kappa shape index (κ2) is 7.72. The van der Waals surface area contributed by atoms with Gasteiger partial charge in [-0.15, -0.1) is 0 Å². The first-order valence-corrected chi connectivity index (χ1v) is 9.22. The molecule has 30 heavy (non-hydrogen) atoms. The summed E-state index contributed by atoms with van der Waals surface area (Å²) in [4.78, 5) is 25.0. The Kier molecular flexibility index (Phi) is 5.10. The van der Waals surface area contributed by atoms with Gasteiger partial charge in [0.1, 0.15) is 23.1 Å². The molecule has 0 amide bonds. The molecule has 0 aliphatic carbocycles. The standard InChI is InChI=1S/C23H13ClF2O4/c1-12-9-13(29-23(28)14-5-2-3-7-17(14)25)10-19-21(12)22(27)20(30-19)11-15-16(24)6-4-8-18(15)26/h2-11H,1H3/b20-11-. The molecule has 150 valence electrons. The summed E-state index contributed by atoms with van der Waals surface area (Å²) < 4.78 is 38.7. The van der Waals surface area contributed by atoms with Crippen molar-refractivity contribution in [3.63, 3.8) is 0 Å². The van der Waals surface area contributed by atoms with Crippen LogP contribution in [0.2, 0.25) is 5.02 Å². The van der Waals surface area contributed by atoms with Crippen molar-refractivity contribution >= 4 is 29.4 Å². The third-order valence-corrected chi connectivity index (χ3v) is 4.85. The summed E-state index contributed by atoms with van der Waals surface area (Å²) in [6.45, 7) is 1.64. The SMILES string of the molecule is Cc1cc(OC(=O)c2ccccc2F)cc2c1C(=O)/C(=C/c1c(F)cccc1Cl)O2. The molecule has 0 spiro atoms. The number of carbonyl (C=O) groups excluding carboxylic acids is 2. The van der Waals surface area contributed by atoms with E-state index in [1.807, 2.05) is 0 Å². The molecule has 0 saturated heterocycles. The molecule has 0 fully saturated rings. The van der Waals surface area contributed by atoms with Crippen LogP contribution in [-0.4, -0.2) is 11.8 Å². The van der Waals surface area contributed by atoms with Gasteiger partial charge < -0.3 is 9.47 Å². The fourth-order valence-electron chi connectivity index (χ4n) is 3.10. The number of esters is 1. The quantitative estimate of drug-likeness (QED) is 0.303. The Morgan fingerprint density at radius 2 is 1.80 bits per heavy atom. The Morgan fingerprint density at radius 1 is 1.07 bits per heavy atom. The number of ether oxygens (including phenoxy) is 2. The number of hydrogen-bond donors (Lipinski definition) is 0. The number of carbonyl (C=O) groups is 2. The predicted molar refractivity (Wildman–Crippen MR) is 107 cm³/mol. The van der Waals surface area contributed by atoms with Gasteiger partial charge in [0.2, 0.25) is 5.78 Å². The van der Waals surface area contributed by atoms with Crippen LogP contribution in [0.3, 0.4) is 0 Å². The number of halogens is 3. The third-order valence-electron chi connectivity index (χ3n) is 4.52. The van der Waals surface area contributed by atoms with Crippen LogP contribution in [0.1, 0.15) is 31.8 Å². The van der Waals surface area contributed by atoms with Crippen molar-refractivity contribution in [3.05, 3.63) is 99.3 Å². The molecular weight excluding hydrogens is 414 g/mol. The molecule has 4 nitrogen and oxygen atoms in total. The van der Waals surface area contributed by atoms with Crippen molar-refractivity contribution < 1.29 is 27.8 Å². The van der Waals surface area contributed by atoms with Gasteiger partial charge in [-0.3, -0.25) is 4.79 Å². The lowest BCUT2D eigenvalue weighted by molar-refractivity contribution is 0.0729. The van der Waals surface area contributed by atoms with Gasteiger partial charge in [-0.05, 0) is 48.9 Å². The molecule has 0 aromatic heterocycles. The lowest BCUT2D eigenvalue weighted by Crippen LogP contribution is -2.10. The van der Waals surface area contributed by atoms with Crippen LogP contribution in [0.4, 0.5) is 8.78 Å². The van der Waals surface area contributed by atoms with Crippen LogP contribution in [0.5, 0.6) is 11.5 Å². The van der Waals surface area contributed by atoms with Crippen molar-refractivity contribution in [2.75, 3.05) is 0 Å². The van der Waals surface area contributed by atoms with Crippen LogP contribution in [-0.2, 0) is 0 Å². The maximum atomic E-state index is 14.1. The Balaban J connectivity index is 1.65. The second-order valence-electron chi connectivity index (χ2n) is 6.56. The van der Waals surface area contributed by atoms with E-state index >= 15 is 0 Å². The number of fused-ring (bicyclic) bond motifs is 1. The number of Topliss-reactive ketones (excluding diaryl/α,β-unsaturated/α-hetero) is 1. The summed E-state index contributed by atoms with van der Waals surface area (Å²) in [5, 5.41) is 0.131. The third kappa shape index (κ3) is 3.57. The Bertz CT molecular complexity index is 1210. The van der Waals surface area contributed by atoms with E-state index < -0.39 is 23.4 Å². The molecule has 1 aliphatic rings. The Labute approximate surface area is 175 Å². The summed E-state index contributed by atoms with van der Waals surface area (Å²) in [6, 6.07) is 12.4. The minimum atomic E-state index is -0.884. The van der Waals surface area contributed by atoms with E-state index in [9.17, 15) is 18.4 Å². The minimum absolute atomic E-state index is 0.0270. The average Bonchev–Trinajstić information content (AvgIpc) is 3.01. The fourth-order valence-corrected chi connectivity index (χ4v) is 3.32. The van der Waals surface area contributed by atoms with E-state index in [0.717, 1.165) is 6.07 Å². The van der Waals surface area contributed by atoms with Gasteiger partial charge in [0.15, 0.2) is 5.76 Å². The molecule has 0 saturated carbocycles. The lowest BCUT2D eigenvalue weighted by Gasteiger charge is -2.08. The maximum Gasteiger partial charge on any atom is 0.346 e. The molecule has 0 atom stereocenters. The number of allylic oxidation sites excluding steroid dienone is 1. The average molecular weight is 427 g/mol. The van der Waals surface area contributed by atoms with Gasteiger partial charge in [-0.1, -0.05) is 29.8 Å². The molecule has 0 N–H and O–H groups in total. The van der Waals surface area contributed by atoms with Gasteiger partial charge >= 0.3 is 5.97 Å². The summed E-state index contributed by atoms with van der Waals surface area (Å²) in [5.41, 5.74) is 0.554. The van der Waals surface area contributed by atoms with E-state index in [-0.39, 0.29) is 39.0 Å². The van der Waals surface area contributed by atoms with Crippen LogP contribution in [0.25, 0.3) is 6.08 Å². The van der Waals surface area contributed by atoms with Crippen molar-refractivity contribution in [1.29, 1.82) is 0 Å². The van der Waals surface area contributed by atoms with Gasteiger partial charge in [0.05, 0.1) is 16.1 Å². The molecular formula is C23H13ClF2O4. The normalized spacial score (nSPS) is 13.9. The highest BCUT2D eigenvalue weighted by Crippen LogP contribution is 2.38. The van der Waals surface area contributed by atoms with Crippen molar-refractivity contribution in [1.82, 2.24) is 0 Å². The first-order valence-electron chi connectivity index (χ1n) is 8.85. The highest BCUT2D eigenvalue weighted by atomic mass is 35.5. The first-order chi connectivity index (χ1) is 14.3. The zero-order valence-electron chi connectivity index (χ0n) is 15.5. The van der Waals surface area contributed by atoms with Crippen molar-refractivity contribution in [2.24, 2.45) is 0 Å². The molecule has 1 heterocycles. The minimum Gasteiger partial charge on any atom is -0.452 e. The number of rotatable bonds is 3. The topological polar surface area (TPSA) is 52.6 Å². The second-order valence-corrected chi connectivity index (χ2v) is 6.96. The maximum absolute atomic E-state index is 14.1. The summed E-state index contributed by atoms with van der Waals surface area (Å²) in [7, 11) is 0.